The maximum Gasteiger partial charge on any atom is 0.257 e. The molecule has 0 bridgehead atoms. The van der Waals surface area contributed by atoms with Crippen molar-refractivity contribution in [2.45, 2.75) is 46.1 Å². The Kier molecular flexibility index (Phi) is 7.08. The normalized spacial score (nSPS) is 17.5. The molecule has 0 aliphatic carbocycles. The predicted molar refractivity (Wildman–Crippen MR) is 101 cm³/mol. The summed E-state index contributed by atoms with van der Waals surface area (Å²) < 4.78 is 0. The topological polar surface area (TPSA) is 69.6 Å². The minimum atomic E-state index is -0.104. The third-order valence-corrected chi connectivity index (χ3v) is 4.85. The molecular formula is C19H31N5O2. The third kappa shape index (κ3) is 4.58. The molecule has 7 heteroatoms. The summed E-state index contributed by atoms with van der Waals surface area (Å²) in [5, 5.41) is 0. The van der Waals surface area contributed by atoms with Crippen molar-refractivity contribution in [1.82, 2.24) is 24.7 Å². The number of nitrogens with zero attached hydrogens (tertiary/aromatic N) is 5. The lowest BCUT2D eigenvalue weighted by atomic mass is 10.0. The lowest BCUT2D eigenvalue weighted by Crippen LogP contribution is -2.43. The Bertz CT molecular complexity index is 643. The molecule has 1 atom stereocenters. The molecule has 7 nitrogen and oxygen atoms in total. The number of hydrogen-bond acceptors (Lipinski definition) is 5. The maximum atomic E-state index is 12.6. The first-order valence-electron chi connectivity index (χ1n) is 9.46. The Labute approximate surface area is 156 Å². The van der Waals surface area contributed by atoms with Crippen LogP contribution in [0.1, 0.15) is 61.0 Å². The van der Waals surface area contributed by atoms with Crippen LogP contribution in [0.5, 0.6) is 0 Å². The fraction of sp³-hybridized carbons (Fsp3) is 0.684. The van der Waals surface area contributed by atoms with Crippen molar-refractivity contribution in [2.24, 2.45) is 0 Å². The lowest BCUT2D eigenvalue weighted by Gasteiger charge is -2.35. The monoisotopic (exact) mass is 361 g/mol. The summed E-state index contributed by atoms with van der Waals surface area (Å²) in [5.41, 5.74) is 1.22. The summed E-state index contributed by atoms with van der Waals surface area (Å²) in [6.45, 7) is 8.20. The van der Waals surface area contributed by atoms with Crippen molar-refractivity contribution in [3.8, 4) is 0 Å². The van der Waals surface area contributed by atoms with Gasteiger partial charge in [0, 0.05) is 25.8 Å². The number of aromatic nitrogens is 2. The van der Waals surface area contributed by atoms with E-state index in [1.54, 1.807) is 11.1 Å². The van der Waals surface area contributed by atoms with Crippen molar-refractivity contribution >= 4 is 11.8 Å². The summed E-state index contributed by atoms with van der Waals surface area (Å²) in [5.74, 6) is 0.706. The number of likely N-dealkylation sites (N-methyl/N-ethyl adjacent to an activating group) is 1. The van der Waals surface area contributed by atoms with Crippen LogP contribution in [-0.2, 0) is 4.79 Å². The molecule has 1 aromatic heterocycles. The summed E-state index contributed by atoms with van der Waals surface area (Å²) in [6, 6.07) is -0.104. The highest BCUT2D eigenvalue weighted by molar-refractivity contribution is 5.94. The van der Waals surface area contributed by atoms with Crippen LogP contribution in [0.25, 0.3) is 0 Å². The van der Waals surface area contributed by atoms with Gasteiger partial charge in [-0.3, -0.25) is 9.59 Å². The van der Waals surface area contributed by atoms with Crippen LogP contribution < -0.4 is 0 Å². The first-order chi connectivity index (χ1) is 12.4. The van der Waals surface area contributed by atoms with Gasteiger partial charge < -0.3 is 14.7 Å². The first-order valence-corrected chi connectivity index (χ1v) is 9.46. The van der Waals surface area contributed by atoms with Gasteiger partial charge in [-0.2, -0.15) is 0 Å². The molecular weight excluding hydrogens is 330 g/mol. The van der Waals surface area contributed by atoms with Crippen LogP contribution >= 0.6 is 0 Å². The summed E-state index contributed by atoms with van der Waals surface area (Å²) >= 11 is 0. The number of carbonyl (C=O) groups excluding carboxylic acids is 2. The van der Waals surface area contributed by atoms with E-state index in [-0.39, 0.29) is 17.9 Å². The van der Waals surface area contributed by atoms with Gasteiger partial charge in [0.2, 0.25) is 5.91 Å². The fourth-order valence-corrected chi connectivity index (χ4v) is 3.40. The number of rotatable bonds is 6. The number of likely N-dealkylation sites (tertiary alicyclic amines) is 1. The number of aryl methyl sites for hydroxylation is 1. The van der Waals surface area contributed by atoms with Crippen molar-refractivity contribution in [1.29, 1.82) is 0 Å². The highest BCUT2D eigenvalue weighted by atomic mass is 16.2. The predicted octanol–water partition coefficient (Wildman–Crippen LogP) is 1.88. The molecule has 0 spiro atoms. The molecule has 26 heavy (non-hydrogen) atoms. The molecule has 1 fully saturated rings. The van der Waals surface area contributed by atoms with E-state index in [1.807, 2.05) is 44.7 Å². The fourth-order valence-electron chi connectivity index (χ4n) is 3.40. The second-order valence-corrected chi connectivity index (χ2v) is 7.04. The number of amides is 2. The maximum absolute atomic E-state index is 12.6. The van der Waals surface area contributed by atoms with Gasteiger partial charge in [-0.05, 0) is 54.1 Å². The van der Waals surface area contributed by atoms with Crippen LogP contribution in [0.4, 0.5) is 0 Å². The van der Waals surface area contributed by atoms with E-state index in [0.717, 1.165) is 25.8 Å². The summed E-state index contributed by atoms with van der Waals surface area (Å²) in [6.07, 6.45) is 4.55. The minimum absolute atomic E-state index is 0.0387. The standard InChI is InChI=1S/C19H31N5O2/c1-6-23(7-2)19(26)15-12-20-18(21-14(15)3)16-10-8-9-11-24(16)17(25)13-22(4)5/h12,16H,6-11,13H2,1-5H3. The third-order valence-electron chi connectivity index (χ3n) is 4.85. The Morgan fingerprint density at radius 1 is 1.23 bits per heavy atom. The lowest BCUT2D eigenvalue weighted by molar-refractivity contribution is -0.135. The van der Waals surface area contributed by atoms with E-state index >= 15 is 0 Å². The molecule has 1 aliphatic heterocycles. The van der Waals surface area contributed by atoms with Gasteiger partial charge >= 0.3 is 0 Å². The van der Waals surface area contributed by atoms with E-state index < -0.39 is 0 Å². The van der Waals surface area contributed by atoms with Crippen LogP contribution in [0.3, 0.4) is 0 Å². The number of piperidine rings is 1. The zero-order chi connectivity index (χ0) is 19.3. The molecule has 1 aliphatic rings. The highest BCUT2D eigenvalue weighted by Crippen LogP contribution is 2.29. The van der Waals surface area contributed by atoms with Crippen molar-refractivity contribution in [3.05, 3.63) is 23.3 Å². The average Bonchev–Trinajstić information content (AvgIpc) is 2.62. The van der Waals surface area contributed by atoms with Gasteiger partial charge in [-0.15, -0.1) is 0 Å². The van der Waals surface area contributed by atoms with Gasteiger partial charge in [-0.25, -0.2) is 9.97 Å². The number of carbonyl (C=O) groups is 2. The summed E-state index contributed by atoms with van der Waals surface area (Å²) in [7, 11) is 3.79. The van der Waals surface area contributed by atoms with Crippen LogP contribution in [0, 0.1) is 6.92 Å². The van der Waals surface area contributed by atoms with Crippen molar-refractivity contribution in [2.75, 3.05) is 40.3 Å². The van der Waals surface area contributed by atoms with E-state index in [0.29, 0.717) is 36.7 Å². The molecule has 0 N–H and O–H groups in total. The van der Waals surface area contributed by atoms with Crippen molar-refractivity contribution in [3.63, 3.8) is 0 Å². The smallest absolute Gasteiger partial charge is 0.257 e. The van der Waals surface area contributed by atoms with Crippen LogP contribution in [0.2, 0.25) is 0 Å². The molecule has 144 valence electrons. The SMILES string of the molecule is CCN(CC)C(=O)c1cnc(C2CCCCN2C(=O)CN(C)C)nc1C. The Morgan fingerprint density at radius 2 is 1.92 bits per heavy atom. The van der Waals surface area contributed by atoms with E-state index in [2.05, 4.69) is 9.97 Å². The molecule has 1 saturated heterocycles. The minimum Gasteiger partial charge on any atom is -0.339 e. The second kappa shape index (κ2) is 9.07. The largest absolute Gasteiger partial charge is 0.339 e. The zero-order valence-corrected chi connectivity index (χ0v) is 16.7. The van der Waals surface area contributed by atoms with Crippen molar-refractivity contribution < 1.29 is 9.59 Å². The molecule has 2 amide bonds. The van der Waals surface area contributed by atoms with E-state index in [1.165, 1.54) is 0 Å². The molecule has 2 rings (SSSR count). The van der Waals surface area contributed by atoms with Gasteiger partial charge in [0.05, 0.1) is 23.8 Å². The Morgan fingerprint density at radius 3 is 2.50 bits per heavy atom. The molecule has 1 unspecified atom stereocenters. The highest BCUT2D eigenvalue weighted by Gasteiger charge is 2.30. The molecule has 1 aromatic rings. The van der Waals surface area contributed by atoms with Gasteiger partial charge in [0.25, 0.3) is 5.91 Å². The quantitative estimate of drug-likeness (QED) is 0.774. The summed E-state index contributed by atoms with van der Waals surface area (Å²) in [4.78, 5) is 39.8. The molecule has 0 radical (unpaired) electrons. The average molecular weight is 361 g/mol. The van der Waals surface area contributed by atoms with Gasteiger partial charge in [0.15, 0.2) is 5.82 Å². The zero-order valence-electron chi connectivity index (χ0n) is 16.7. The first kappa shape index (κ1) is 20.3. The van der Waals surface area contributed by atoms with E-state index in [4.69, 9.17) is 0 Å². The van der Waals surface area contributed by atoms with Crippen LogP contribution in [0.15, 0.2) is 6.20 Å². The Balaban J connectivity index is 2.25. The number of hydrogen-bond donors (Lipinski definition) is 0. The molecule has 0 saturated carbocycles. The van der Waals surface area contributed by atoms with Crippen LogP contribution in [-0.4, -0.2) is 76.8 Å². The second-order valence-electron chi connectivity index (χ2n) is 7.04. The molecule has 0 aromatic carbocycles. The van der Waals surface area contributed by atoms with Gasteiger partial charge in [0.1, 0.15) is 0 Å². The Hall–Kier alpha value is -2.02. The van der Waals surface area contributed by atoms with Gasteiger partial charge in [-0.1, -0.05) is 0 Å². The van der Waals surface area contributed by atoms with E-state index in [9.17, 15) is 9.59 Å². The molecule has 2 heterocycles.